The Balaban J connectivity index is 2.36. The molecular weight excluding hydrogens is 278 g/mol. The molecule has 90 valence electrons. The van der Waals surface area contributed by atoms with Crippen molar-refractivity contribution in [2.45, 2.75) is 33.1 Å². The van der Waals surface area contributed by atoms with Crippen molar-refractivity contribution in [3.05, 3.63) is 0 Å². The van der Waals surface area contributed by atoms with Gasteiger partial charge < -0.3 is 0 Å². The van der Waals surface area contributed by atoms with E-state index in [-0.39, 0.29) is 17.1 Å². The Labute approximate surface area is 101 Å². The summed E-state index contributed by atoms with van der Waals surface area (Å²) in [6.45, 7) is 4.46. The van der Waals surface area contributed by atoms with Gasteiger partial charge in [0.25, 0.3) is 0 Å². The van der Waals surface area contributed by atoms with Gasteiger partial charge in [-0.15, -0.1) is 0 Å². The van der Waals surface area contributed by atoms with Crippen LogP contribution in [0, 0.1) is 11.3 Å². The maximum atomic E-state index is 11.6. The van der Waals surface area contributed by atoms with Crippen LogP contribution in [-0.4, -0.2) is 26.0 Å². The predicted molar refractivity (Wildman–Crippen MR) is 66.7 cm³/mol. The molecule has 1 fully saturated rings. The molecule has 0 bridgehead atoms. The molecule has 0 amide bonds. The zero-order chi connectivity index (χ0) is 11.5. The third-order valence-corrected chi connectivity index (χ3v) is 4.89. The second kappa shape index (κ2) is 5.15. The predicted octanol–water partition coefficient (Wildman–Crippen LogP) is 2.13. The summed E-state index contributed by atoms with van der Waals surface area (Å²) >= 11 is 3.41. The van der Waals surface area contributed by atoms with E-state index in [9.17, 15) is 8.42 Å². The van der Waals surface area contributed by atoms with Gasteiger partial charge in [-0.05, 0) is 30.6 Å². The van der Waals surface area contributed by atoms with Gasteiger partial charge >= 0.3 is 0 Å². The molecule has 5 heteroatoms. The number of rotatable bonds is 7. The number of nitrogens with one attached hydrogen (secondary N) is 1. The van der Waals surface area contributed by atoms with Crippen LogP contribution in [0.2, 0.25) is 0 Å². The van der Waals surface area contributed by atoms with Crippen molar-refractivity contribution in [2.75, 3.05) is 17.6 Å². The van der Waals surface area contributed by atoms with Gasteiger partial charge in [-0.3, -0.25) is 0 Å². The third kappa shape index (κ3) is 4.83. The fourth-order valence-electron chi connectivity index (χ4n) is 1.65. The fraction of sp³-hybridized carbons (Fsp3) is 1.00. The number of alkyl halides is 1. The van der Waals surface area contributed by atoms with Crippen molar-refractivity contribution < 1.29 is 8.42 Å². The van der Waals surface area contributed by atoms with E-state index in [1.165, 1.54) is 0 Å². The van der Waals surface area contributed by atoms with Crippen molar-refractivity contribution in [3.63, 3.8) is 0 Å². The lowest BCUT2D eigenvalue weighted by atomic mass is 10.1. The van der Waals surface area contributed by atoms with Crippen LogP contribution in [-0.2, 0) is 10.0 Å². The number of hydrogen-bond donors (Lipinski definition) is 1. The summed E-state index contributed by atoms with van der Waals surface area (Å²) in [6.07, 6.45) is 3.38. The molecule has 0 unspecified atom stereocenters. The van der Waals surface area contributed by atoms with E-state index in [0.717, 1.165) is 24.6 Å². The van der Waals surface area contributed by atoms with Crippen molar-refractivity contribution in [1.82, 2.24) is 4.72 Å². The maximum absolute atomic E-state index is 11.6. The first-order chi connectivity index (χ1) is 6.89. The molecule has 0 aliphatic heterocycles. The minimum atomic E-state index is -3.06. The quantitative estimate of drug-likeness (QED) is 0.732. The highest BCUT2D eigenvalue weighted by Gasteiger charge is 2.42. The first kappa shape index (κ1) is 13.5. The molecule has 1 N–H and O–H groups in total. The van der Waals surface area contributed by atoms with Crippen LogP contribution >= 0.6 is 15.9 Å². The van der Waals surface area contributed by atoms with Gasteiger partial charge in [0, 0.05) is 11.9 Å². The average Bonchev–Trinajstić information content (AvgIpc) is 2.81. The largest absolute Gasteiger partial charge is 0.215 e. The minimum Gasteiger partial charge on any atom is -0.215 e. The Morgan fingerprint density at radius 3 is 2.40 bits per heavy atom. The number of halogens is 1. The molecule has 1 aliphatic rings. The van der Waals surface area contributed by atoms with Crippen molar-refractivity contribution >= 4 is 26.0 Å². The number of hydrogen-bond acceptors (Lipinski definition) is 2. The van der Waals surface area contributed by atoms with Crippen LogP contribution < -0.4 is 4.72 Å². The molecule has 0 saturated heterocycles. The molecular formula is C10H20BrNO2S. The summed E-state index contributed by atoms with van der Waals surface area (Å²) in [4.78, 5) is 0. The molecule has 15 heavy (non-hydrogen) atoms. The minimum absolute atomic E-state index is 0.189. The van der Waals surface area contributed by atoms with Crippen LogP contribution in [0.4, 0.5) is 0 Å². The van der Waals surface area contributed by atoms with Crippen LogP contribution in [0.3, 0.4) is 0 Å². The normalized spacial score (nSPS) is 19.5. The highest BCUT2D eigenvalue weighted by Crippen LogP contribution is 2.48. The zero-order valence-electron chi connectivity index (χ0n) is 9.42. The van der Waals surface area contributed by atoms with Crippen LogP contribution in [0.1, 0.15) is 33.1 Å². The van der Waals surface area contributed by atoms with Crippen LogP contribution in [0.25, 0.3) is 0 Å². The van der Waals surface area contributed by atoms with Gasteiger partial charge in [-0.1, -0.05) is 29.8 Å². The first-order valence-electron chi connectivity index (χ1n) is 5.42. The van der Waals surface area contributed by atoms with E-state index in [0.29, 0.717) is 6.54 Å². The van der Waals surface area contributed by atoms with E-state index < -0.39 is 10.0 Å². The highest BCUT2D eigenvalue weighted by molar-refractivity contribution is 9.09. The molecule has 1 rings (SSSR count). The molecule has 0 heterocycles. The monoisotopic (exact) mass is 297 g/mol. The van der Waals surface area contributed by atoms with Gasteiger partial charge in [-0.2, -0.15) is 0 Å². The van der Waals surface area contributed by atoms with E-state index in [2.05, 4.69) is 20.7 Å². The van der Waals surface area contributed by atoms with Crippen molar-refractivity contribution in [2.24, 2.45) is 11.3 Å². The highest BCUT2D eigenvalue weighted by atomic mass is 79.9. The van der Waals surface area contributed by atoms with Gasteiger partial charge in [0.05, 0.1) is 5.75 Å². The lowest BCUT2D eigenvalue weighted by Gasteiger charge is -2.15. The molecule has 0 radical (unpaired) electrons. The second-order valence-electron chi connectivity index (χ2n) is 4.94. The average molecular weight is 298 g/mol. The van der Waals surface area contributed by atoms with E-state index in [1.807, 2.05) is 13.8 Å². The Morgan fingerprint density at radius 2 is 2.00 bits per heavy atom. The summed E-state index contributed by atoms with van der Waals surface area (Å²) in [5.74, 6) is 0.422. The van der Waals surface area contributed by atoms with Gasteiger partial charge in [-0.25, -0.2) is 13.1 Å². The fourth-order valence-corrected chi connectivity index (χ4v) is 4.02. The summed E-state index contributed by atoms with van der Waals surface area (Å²) in [7, 11) is -3.06. The smallest absolute Gasteiger partial charge is 0.211 e. The molecule has 0 atom stereocenters. The first-order valence-corrected chi connectivity index (χ1v) is 8.20. The topological polar surface area (TPSA) is 46.2 Å². The summed E-state index contributed by atoms with van der Waals surface area (Å²) in [5, 5.41) is 0.957. The van der Waals surface area contributed by atoms with Gasteiger partial charge in [0.15, 0.2) is 0 Å². The second-order valence-corrected chi connectivity index (χ2v) is 7.58. The Kier molecular flexibility index (Phi) is 4.62. The summed E-state index contributed by atoms with van der Waals surface area (Å²) < 4.78 is 25.9. The van der Waals surface area contributed by atoms with Crippen LogP contribution in [0.15, 0.2) is 0 Å². The van der Waals surface area contributed by atoms with Crippen molar-refractivity contribution in [1.29, 1.82) is 0 Å². The maximum Gasteiger partial charge on any atom is 0.211 e. The molecule has 0 aromatic carbocycles. The lowest BCUT2D eigenvalue weighted by molar-refractivity contribution is 0.478. The molecule has 0 aromatic heterocycles. The molecule has 3 nitrogen and oxygen atoms in total. The lowest BCUT2D eigenvalue weighted by Crippen LogP contribution is -2.33. The van der Waals surface area contributed by atoms with Crippen molar-refractivity contribution in [3.8, 4) is 0 Å². The Hall–Kier alpha value is 0.390. The third-order valence-electron chi connectivity index (χ3n) is 2.80. The van der Waals surface area contributed by atoms with E-state index in [1.54, 1.807) is 0 Å². The van der Waals surface area contributed by atoms with E-state index in [4.69, 9.17) is 0 Å². The van der Waals surface area contributed by atoms with Gasteiger partial charge in [0.1, 0.15) is 0 Å². The Bertz CT molecular complexity index is 297. The van der Waals surface area contributed by atoms with Gasteiger partial charge in [0.2, 0.25) is 10.0 Å². The molecule has 0 aromatic rings. The standard InChI is InChI=1S/C10H20BrNO2S/c1-9(2)7-15(13,14)12-8-10(3-4-10)5-6-11/h9,12H,3-8H2,1-2H3. The zero-order valence-corrected chi connectivity index (χ0v) is 11.8. The number of sulfonamides is 1. The summed E-state index contributed by atoms with van der Waals surface area (Å²) in [6, 6.07) is 0. The Morgan fingerprint density at radius 1 is 1.40 bits per heavy atom. The SMILES string of the molecule is CC(C)CS(=O)(=O)NCC1(CCBr)CC1. The summed E-state index contributed by atoms with van der Waals surface area (Å²) in [5.41, 5.74) is 0.257. The molecule has 0 spiro atoms. The molecule has 1 saturated carbocycles. The van der Waals surface area contributed by atoms with E-state index >= 15 is 0 Å². The molecule has 1 aliphatic carbocycles. The van der Waals surface area contributed by atoms with Crippen LogP contribution in [0.5, 0.6) is 0 Å².